The molecule has 0 aliphatic rings. The lowest BCUT2D eigenvalue weighted by Gasteiger charge is -2.28. The molecule has 0 aliphatic heterocycles. The largest absolute Gasteiger partial charge is 0.356 e. The first-order valence-corrected chi connectivity index (χ1v) is 8.49. The predicted octanol–water partition coefficient (Wildman–Crippen LogP) is 3.70. The van der Waals surface area contributed by atoms with Gasteiger partial charge in [-0.2, -0.15) is 11.3 Å². The Balaban J connectivity index is 1.93. The predicted molar refractivity (Wildman–Crippen MR) is 96.7 cm³/mol. The highest BCUT2D eigenvalue weighted by atomic mass is 32.1. The van der Waals surface area contributed by atoms with E-state index in [0.717, 1.165) is 19.0 Å². The fraction of sp³-hybridized carbons (Fsp3) is 0.389. The summed E-state index contributed by atoms with van der Waals surface area (Å²) in [6.45, 7) is 8.32. The molecule has 1 aromatic heterocycles. The Bertz CT molecular complexity index is 615. The number of nitrogens with one attached hydrogen (secondary N) is 2. The Kier molecular flexibility index (Phi) is 5.61. The van der Waals surface area contributed by atoms with E-state index >= 15 is 0 Å². The number of aliphatic imine (C=N–C) groups is 1. The summed E-state index contributed by atoms with van der Waals surface area (Å²) in [5, 5.41) is 11.0. The van der Waals surface area contributed by atoms with Gasteiger partial charge in [-0.05, 0) is 40.4 Å². The van der Waals surface area contributed by atoms with Gasteiger partial charge in [-0.1, -0.05) is 38.1 Å². The zero-order valence-electron chi connectivity index (χ0n) is 13.8. The van der Waals surface area contributed by atoms with E-state index in [1.807, 2.05) is 7.05 Å². The second-order valence-corrected chi connectivity index (χ2v) is 6.89. The number of hydrogen-bond donors (Lipinski definition) is 2. The molecule has 0 saturated carbocycles. The van der Waals surface area contributed by atoms with Crippen LogP contribution in [0.25, 0.3) is 0 Å². The van der Waals surface area contributed by atoms with Crippen LogP contribution in [0.1, 0.15) is 30.5 Å². The van der Waals surface area contributed by atoms with Gasteiger partial charge in [-0.3, -0.25) is 4.99 Å². The maximum atomic E-state index is 4.30. The van der Waals surface area contributed by atoms with Gasteiger partial charge in [-0.15, -0.1) is 0 Å². The number of nitrogens with zero attached hydrogens (tertiary/aromatic N) is 1. The van der Waals surface area contributed by atoms with Gasteiger partial charge in [0.05, 0.1) is 0 Å². The minimum Gasteiger partial charge on any atom is -0.356 e. The molecule has 118 valence electrons. The topological polar surface area (TPSA) is 36.4 Å². The number of aryl methyl sites for hydroxylation is 1. The van der Waals surface area contributed by atoms with E-state index in [0.29, 0.717) is 0 Å². The van der Waals surface area contributed by atoms with Crippen LogP contribution < -0.4 is 10.6 Å². The second-order valence-electron chi connectivity index (χ2n) is 6.11. The van der Waals surface area contributed by atoms with Gasteiger partial charge in [-0.25, -0.2) is 0 Å². The van der Waals surface area contributed by atoms with Gasteiger partial charge in [0, 0.05) is 25.6 Å². The van der Waals surface area contributed by atoms with Crippen molar-refractivity contribution in [1.29, 1.82) is 0 Å². The van der Waals surface area contributed by atoms with Gasteiger partial charge >= 0.3 is 0 Å². The molecule has 2 rings (SSSR count). The van der Waals surface area contributed by atoms with E-state index in [1.54, 1.807) is 11.3 Å². The lowest BCUT2D eigenvalue weighted by atomic mass is 9.82. The van der Waals surface area contributed by atoms with Crippen LogP contribution >= 0.6 is 11.3 Å². The monoisotopic (exact) mass is 315 g/mol. The minimum atomic E-state index is 0.0470. The second kappa shape index (κ2) is 7.45. The van der Waals surface area contributed by atoms with E-state index in [1.165, 1.54) is 16.7 Å². The molecule has 4 heteroatoms. The molecule has 0 amide bonds. The van der Waals surface area contributed by atoms with Gasteiger partial charge in [0.2, 0.25) is 0 Å². The van der Waals surface area contributed by atoms with Crippen molar-refractivity contribution in [1.82, 2.24) is 10.6 Å². The standard InChI is InChI=1S/C18H25N3S/c1-14-7-5-6-8-16(14)18(2,3)13-21-17(19-4)20-11-15-9-10-22-12-15/h5-10,12H,11,13H2,1-4H3,(H2,19,20,21). The van der Waals surface area contributed by atoms with Crippen LogP contribution in [0.5, 0.6) is 0 Å². The summed E-state index contributed by atoms with van der Waals surface area (Å²) in [6.07, 6.45) is 0. The fourth-order valence-corrected chi connectivity index (χ4v) is 3.20. The number of guanidine groups is 1. The maximum Gasteiger partial charge on any atom is 0.191 e. The van der Waals surface area contributed by atoms with Crippen LogP contribution in [-0.4, -0.2) is 19.6 Å². The molecule has 1 heterocycles. The number of hydrogen-bond acceptors (Lipinski definition) is 2. The Morgan fingerprint density at radius 3 is 2.59 bits per heavy atom. The molecule has 0 bridgehead atoms. The summed E-state index contributed by atoms with van der Waals surface area (Å²) >= 11 is 1.72. The van der Waals surface area contributed by atoms with Crippen molar-refractivity contribution in [3.05, 3.63) is 57.8 Å². The van der Waals surface area contributed by atoms with Gasteiger partial charge < -0.3 is 10.6 Å². The zero-order chi connectivity index (χ0) is 16.0. The van der Waals surface area contributed by atoms with Crippen molar-refractivity contribution in [3.63, 3.8) is 0 Å². The lowest BCUT2D eigenvalue weighted by Crippen LogP contribution is -2.43. The first kappa shape index (κ1) is 16.6. The fourth-order valence-electron chi connectivity index (χ4n) is 2.53. The average Bonchev–Trinajstić information content (AvgIpc) is 3.01. The molecular weight excluding hydrogens is 290 g/mol. The third kappa shape index (κ3) is 4.34. The Labute approximate surface area is 137 Å². The Morgan fingerprint density at radius 2 is 1.95 bits per heavy atom. The van der Waals surface area contributed by atoms with Crippen molar-refractivity contribution >= 4 is 17.3 Å². The SMILES string of the molecule is CN=C(NCc1ccsc1)NCC(C)(C)c1ccccc1C. The van der Waals surface area contributed by atoms with Crippen LogP contribution in [0.15, 0.2) is 46.1 Å². The summed E-state index contributed by atoms with van der Waals surface area (Å²) in [7, 11) is 1.81. The summed E-state index contributed by atoms with van der Waals surface area (Å²) < 4.78 is 0. The third-order valence-electron chi connectivity index (χ3n) is 3.84. The highest BCUT2D eigenvalue weighted by Crippen LogP contribution is 2.25. The number of thiophene rings is 1. The molecule has 0 radical (unpaired) electrons. The normalized spacial score (nSPS) is 12.3. The third-order valence-corrected chi connectivity index (χ3v) is 4.57. The van der Waals surface area contributed by atoms with Crippen molar-refractivity contribution in [2.45, 2.75) is 32.7 Å². The van der Waals surface area contributed by atoms with Crippen molar-refractivity contribution in [2.24, 2.45) is 4.99 Å². The number of rotatable bonds is 5. The molecule has 2 N–H and O–H groups in total. The van der Waals surface area contributed by atoms with E-state index in [4.69, 9.17) is 0 Å². The first-order valence-electron chi connectivity index (χ1n) is 7.54. The molecule has 22 heavy (non-hydrogen) atoms. The van der Waals surface area contributed by atoms with Gasteiger partial charge in [0.25, 0.3) is 0 Å². The quantitative estimate of drug-likeness (QED) is 0.652. The van der Waals surface area contributed by atoms with E-state index < -0.39 is 0 Å². The molecule has 0 saturated heterocycles. The minimum absolute atomic E-state index is 0.0470. The van der Waals surface area contributed by atoms with Crippen LogP contribution in [0.2, 0.25) is 0 Å². The Hall–Kier alpha value is -1.81. The van der Waals surface area contributed by atoms with Crippen molar-refractivity contribution in [3.8, 4) is 0 Å². The van der Waals surface area contributed by atoms with Crippen LogP contribution in [-0.2, 0) is 12.0 Å². The van der Waals surface area contributed by atoms with Crippen molar-refractivity contribution < 1.29 is 0 Å². The summed E-state index contributed by atoms with van der Waals surface area (Å²) in [5.41, 5.74) is 4.03. The summed E-state index contributed by atoms with van der Waals surface area (Å²) in [6, 6.07) is 10.7. The van der Waals surface area contributed by atoms with E-state index in [-0.39, 0.29) is 5.41 Å². The zero-order valence-corrected chi connectivity index (χ0v) is 14.6. The highest BCUT2D eigenvalue weighted by Gasteiger charge is 2.22. The van der Waals surface area contributed by atoms with Crippen LogP contribution in [0.3, 0.4) is 0 Å². The molecule has 1 aromatic carbocycles. The molecule has 0 unspecified atom stereocenters. The average molecular weight is 315 g/mol. The molecule has 0 fully saturated rings. The molecule has 3 nitrogen and oxygen atoms in total. The molecule has 0 spiro atoms. The Morgan fingerprint density at radius 1 is 1.18 bits per heavy atom. The van der Waals surface area contributed by atoms with Crippen LogP contribution in [0.4, 0.5) is 0 Å². The van der Waals surface area contributed by atoms with Crippen molar-refractivity contribution in [2.75, 3.05) is 13.6 Å². The molecule has 0 aliphatic carbocycles. The van der Waals surface area contributed by atoms with E-state index in [9.17, 15) is 0 Å². The first-order chi connectivity index (χ1) is 10.5. The van der Waals surface area contributed by atoms with Gasteiger partial charge in [0.15, 0.2) is 5.96 Å². The smallest absolute Gasteiger partial charge is 0.191 e. The highest BCUT2D eigenvalue weighted by molar-refractivity contribution is 7.07. The molecule has 0 atom stereocenters. The summed E-state index contributed by atoms with van der Waals surface area (Å²) in [5.74, 6) is 0.841. The summed E-state index contributed by atoms with van der Waals surface area (Å²) in [4.78, 5) is 4.30. The number of benzene rings is 1. The van der Waals surface area contributed by atoms with Gasteiger partial charge in [0.1, 0.15) is 0 Å². The lowest BCUT2D eigenvalue weighted by molar-refractivity contribution is 0.506. The molecular formula is C18H25N3S. The maximum absolute atomic E-state index is 4.30. The van der Waals surface area contributed by atoms with E-state index in [2.05, 4.69) is 77.5 Å². The van der Waals surface area contributed by atoms with Crippen LogP contribution in [0, 0.1) is 6.92 Å². The molecule has 2 aromatic rings.